The molecule has 4 nitrogen and oxygen atoms in total. The number of rotatable bonds is 4. The van der Waals surface area contributed by atoms with Crippen LogP contribution in [0.3, 0.4) is 0 Å². The summed E-state index contributed by atoms with van der Waals surface area (Å²) in [6.07, 6.45) is 6.05. The van der Waals surface area contributed by atoms with Gasteiger partial charge >= 0.3 is 0 Å². The Bertz CT molecular complexity index is 649. The Labute approximate surface area is 156 Å². The number of hydrogen-bond donors (Lipinski definition) is 1. The second-order valence-corrected chi connectivity index (χ2v) is 7.31. The molecular formula is C16H22BrClN4S. The largest absolute Gasteiger partial charge is 0.337 e. The van der Waals surface area contributed by atoms with Crippen molar-refractivity contribution in [2.45, 2.75) is 17.5 Å². The molecule has 1 fully saturated rings. The van der Waals surface area contributed by atoms with Crippen molar-refractivity contribution in [2.24, 2.45) is 7.05 Å². The van der Waals surface area contributed by atoms with Crippen molar-refractivity contribution in [1.82, 2.24) is 19.8 Å². The number of imidazole rings is 1. The van der Waals surface area contributed by atoms with Crippen molar-refractivity contribution in [1.29, 1.82) is 0 Å². The summed E-state index contributed by atoms with van der Waals surface area (Å²) in [6.45, 7) is 3.99. The maximum Gasteiger partial charge on any atom is 0.127 e. The fourth-order valence-corrected chi connectivity index (χ4v) is 4.11. The average molecular weight is 418 g/mol. The highest BCUT2D eigenvalue weighted by atomic mass is 79.9. The highest BCUT2D eigenvalue weighted by molar-refractivity contribution is 9.10. The summed E-state index contributed by atoms with van der Waals surface area (Å²) < 4.78 is 3.27. The summed E-state index contributed by atoms with van der Waals surface area (Å²) in [5.74, 6) is 1.13. The molecule has 1 saturated heterocycles. The number of piperazine rings is 1. The average Bonchev–Trinajstić information content (AvgIpc) is 2.95. The molecule has 1 unspecified atom stereocenters. The third-order valence-corrected chi connectivity index (χ3v) is 5.45. The van der Waals surface area contributed by atoms with E-state index in [2.05, 4.69) is 67.2 Å². The summed E-state index contributed by atoms with van der Waals surface area (Å²) >= 11 is 5.37. The van der Waals surface area contributed by atoms with Gasteiger partial charge in [0.1, 0.15) is 5.82 Å². The smallest absolute Gasteiger partial charge is 0.127 e. The second kappa shape index (κ2) is 8.53. The molecule has 1 atom stereocenters. The van der Waals surface area contributed by atoms with Gasteiger partial charge in [0.05, 0.1) is 6.04 Å². The van der Waals surface area contributed by atoms with Gasteiger partial charge in [-0.25, -0.2) is 4.98 Å². The molecule has 0 radical (unpaired) electrons. The molecule has 0 aliphatic carbocycles. The lowest BCUT2D eigenvalue weighted by atomic mass is 10.1. The minimum absolute atomic E-state index is 0. The number of aromatic nitrogens is 2. The number of nitrogens with one attached hydrogen (secondary N) is 1. The van der Waals surface area contributed by atoms with Gasteiger partial charge in [0.2, 0.25) is 0 Å². The van der Waals surface area contributed by atoms with Gasteiger partial charge in [0.25, 0.3) is 0 Å². The zero-order valence-corrected chi connectivity index (χ0v) is 16.5. The summed E-state index contributed by atoms with van der Waals surface area (Å²) in [6, 6.07) is 6.89. The van der Waals surface area contributed by atoms with Gasteiger partial charge in [-0.2, -0.15) is 0 Å². The molecule has 0 saturated carbocycles. The molecule has 1 N–H and O–H groups in total. The molecular weight excluding hydrogens is 396 g/mol. The van der Waals surface area contributed by atoms with Gasteiger partial charge in [0, 0.05) is 55.0 Å². The van der Waals surface area contributed by atoms with E-state index in [0.29, 0.717) is 6.04 Å². The Kier molecular flexibility index (Phi) is 6.98. The molecule has 1 aromatic carbocycles. The molecule has 1 aliphatic rings. The number of nitrogens with zero attached hydrogens (tertiary/aromatic N) is 3. The topological polar surface area (TPSA) is 33.1 Å². The zero-order chi connectivity index (χ0) is 15.5. The number of benzene rings is 1. The molecule has 0 spiro atoms. The minimum Gasteiger partial charge on any atom is -0.337 e. The molecule has 0 amide bonds. The van der Waals surface area contributed by atoms with Crippen LogP contribution in [0.25, 0.3) is 0 Å². The third kappa shape index (κ3) is 4.31. The molecule has 23 heavy (non-hydrogen) atoms. The molecule has 7 heteroatoms. The van der Waals surface area contributed by atoms with E-state index in [9.17, 15) is 0 Å². The van der Waals surface area contributed by atoms with E-state index in [4.69, 9.17) is 0 Å². The standard InChI is InChI=1S/C16H21BrN4S.ClH/c1-20-7-6-19-16(20)14-10-18-5-8-21(14)11-12-3-4-13(17)9-15(12)22-2;/h3-4,6-7,9,14,18H,5,8,10-11H2,1-2H3;1H. The second-order valence-electron chi connectivity index (χ2n) is 5.54. The van der Waals surface area contributed by atoms with E-state index in [0.717, 1.165) is 36.5 Å². The highest BCUT2D eigenvalue weighted by Crippen LogP contribution is 2.29. The van der Waals surface area contributed by atoms with Crippen LogP contribution in [-0.2, 0) is 13.6 Å². The molecule has 126 valence electrons. The number of aryl methyl sites for hydroxylation is 1. The molecule has 2 heterocycles. The monoisotopic (exact) mass is 416 g/mol. The van der Waals surface area contributed by atoms with Crippen molar-refractivity contribution >= 4 is 40.1 Å². The third-order valence-electron chi connectivity index (χ3n) is 4.13. The van der Waals surface area contributed by atoms with E-state index in [-0.39, 0.29) is 12.4 Å². The van der Waals surface area contributed by atoms with Gasteiger partial charge in [0.15, 0.2) is 0 Å². The fraction of sp³-hybridized carbons (Fsp3) is 0.438. The van der Waals surface area contributed by atoms with Crippen LogP contribution in [0.15, 0.2) is 40.0 Å². The van der Waals surface area contributed by atoms with Crippen LogP contribution in [0, 0.1) is 0 Å². The Morgan fingerprint density at radius 2 is 2.26 bits per heavy atom. The van der Waals surface area contributed by atoms with Crippen molar-refractivity contribution in [2.75, 3.05) is 25.9 Å². The maximum atomic E-state index is 4.56. The minimum atomic E-state index is 0. The lowest BCUT2D eigenvalue weighted by molar-refractivity contribution is 0.143. The predicted octanol–water partition coefficient (Wildman–Crippen LogP) is 3.47. The number of thioether (sulfide) groups is 1. The highest BCUT2D eigenvalue weighted by Gasteiger charge is 2.27. The molecule has 1 aromatic heterocycles. The van der Waals surface area contributed by atoms with Crippen LogP contribution in [0.5, 0.6) is 0 Å². The van der Waals surface area contributed by atoms with Gasteiger partial charge in [-0.1, -0.05) is 22.0 Å². The van der Waals surface area contributed by atoms with Gasteiger partial charge in [-0.05, 0) is 24.0 Å². The molecule has 1 aliphatic heterocycles. The van der Waals surface area contributed by atoms with E-state index in [1.807, 2.05) is 12.4 Å². The number of halogens is 2. The predicted molar refractivity (Wildman–Crippen MR) is 102 cm³/mol. The first-order valence-corrected chi connectivity index (χ1v) is 9.45. The van der Waals surface area contributed by atoms with E-state index in [1.165, 1.54) is 10.5 Å². The zero-order valence-electron chi connectivity index (χ0n) is 13.3. The first-order chi connectivity index (χ1) is 10.7. The van der Waals surface area contributed by atoms with Crippen LogP contribution in [-0.4, -0.2) is 40.3 Å². The Balaban J connectivity index is 0.00000192. The molecule has 0 bridgehead atoms. The van der Waals surface area contributed by atoms with E-state index >= 15 is 0 Å². The van der Waals surface area contributed by atoms with E-state index in [1.54, 1.807) is 11.8 Å². The summed E-state index contributed by atoms with van der Waals surface area (Å²) in [5, 5.41) is 3.50. The normalized spacial score (nSPS) is 18.7. The van der Waals surface area contributed by atoms with Crippen LogP contribution in [0.4, 0.5) is 0 Å². The Morgan fingerprint density at radius 3 is 2.96 bits per heavy atom. The van der Waals surface area contributed by atoms with Gasteiger partial charge < -0.3 is 9.88 Å². The van der Waals surface area contributed by atoms with Crippen LogP contribution < -0.4 is 5.32 Å². The van der Waals surface area contributed by atoms with Crippen molar-refractivity contribution < 1.29 is 0 Å². The first-order valence-electron chi connectivity index (χ1n) is 7.43. The van der Waals surface area contributed by atoms with Crippen molar-refractivity contribution in [3.05, 3.63) is 46.5 Å². The lowest BCUT2D eigenvalue weighted by Crippen LogP contribution is -2.46. The number of hydrogen-bond acceptors (Lipinski definition) is 4. The van der Waals surface area contributed by atoms with Gasteiger partial charge in [-0.3, -0.25) is 4.90 Å². The summed E-state index contributed by atoms with van der Waals surface area (Å²) in [4.78, 5) is 8.43. The van der Waals surface area contributed by atoms with E-state index < -0.39 is 0 Å². The summed E-state index contributed by atoms with van der Waals surface area (Å²) in [7, 11) is 2.07. The Morgan fingerprint density at radius 1 is 1.43 bits per heavy atom. The fourth-order valence-electron chi connectivity index (χ4n) is 2.96. The molecule has 3 rings (SSSR count). The van der Waals surface area contributed by atoms with Crippen molar-refractivity contribution in [3.63, 3.8) is 0 Å². The maximum absolute atomic E-state index is 4.56. The van der Waals surface area contributed by atoms with Crippen molar-refractivity contribution in [3.8, 4) is 0 Å². The SMILES string of the molecule is CSc1cc(Br)ccc1CN1CCNCC1c1nccn1C.Cl. The quantitative estimate of drug-likeness (QED) is 0.772. The molecule has 2 aromatic rings. The van der Waals surface area contributed by atoms with Gasteiger partial charge in [-0.15, -0.1) is 24.2 Å². The summed E-state index contributed by atoms with van der Waals surface area (Å²) in [5.41, 5.74) is 1.39. The van der Waals surface area contributed by atoms with Crippen LogP contribution in [0.2, 0.25) is 0 Å². The Hall–Kier alpha value is -0.530. The van der Waals surface area contributed by atoms with Crippen LogP contribution >= 0.6 is 40.1 Å². The lowest BCUT2D eigenvalue weighted by Gasteiger charge is -2.36. The van der Waals surface area contributed by atoms with Crippen LogP contribution in [0.1, 0.15) is 17.4 Å². The first kappa shape index (κ1) is 18.8.